The lowest BCUT2D eigenvalue weighted by atomic mass is 9.49. The molecule has 1 aromatic carbocycles. The standard InChI is InChI=1S/C26H33FN2O2/c1-25-13-11-20-18(7-10-22-26(20,2)14-12-23(30)29(22)3)19(25)8-9-21(25)24(31)28-17-6-4-5-16(27)15-17/h4-6,10,15,18-21H,7-9,11-14H2,1-3H3,(H,28,31)/t18-,19-,20+,21?,25-,26+/m0/s1. The number of likely N-dealkylation sites (tertiary alicyclic amines) is 1. The molecule has 4 nitrogen and oxygen atoms in total. The van der Waals surface area contributed by atoms with Crippen LogP contribution in [-0.4, -0.2) is 23.8 Å². The Morgan fingerprint density at radius 3 is 2.74 bits per heavy atom. The van der Waals surface area contributed by atoms with Crippen LogP contribution in [0.1, 0.15) is 58.8 Å². The molecule has 166 valence electrons. The molecular formula is C26H33FN2O2. The van der Waals surface area contributed by atoms with Gasteiger partial charge < -0.3 is 10.2 Å². The second-order valence-electron chi connectivity index (χ2n) is 10.7. The van der Waals surface area contributed by atoms with Gasteiger partial charge in [-0.2, -0.15) is 0 Å². The Labute approximate surface area is 184 Å². The average molecular weight is 425 g/mol. The number of hydrogen-bond acceptors (Lipinski definition) is 2. The summed E-state index contributed by atoms with van der Waals surface area (Å²) in [4.78, 5) is 27.4. The molecule has 4 aliphatic rings. The predicted molar refractivity (Wildman–Crippen MR) is 118 cm³/mol. The molecule has 1 N–H and O–H groups in total. The maximum atomic E-state index is 13.6. The first-order chi connectivity index (χ1) is 14.7. The van der Waals surface area contributed by atoms with Crippen LogP contribution in [0.15, 0.2) is 36.0 Å². The van der Waals surface area contributed by atoms with E-state index in [4.69, 9.17) is 0 Å². The predicted octanol–water partition coefficient (Wildman–Crippen LogP) is 5.37. The SMILES string of the molecule is CN1C(=O)CC[C@@]2(C)C1=CC[C@@H]1[C@H]2CC[C@]2(C)C(C(=O)Nc3cccc(F)c3)CC[C@@H]12. The van der Waals surface area contributed by atoms with Crippen LogP contribution >= 0.6 is 0 Å². The van der Waals surface area contributed by atoms with Crippen LogP contribution in [-0.2, 0) is 9.59 Å². The third kappa shape index (κ3) is 3.07. The van der Waals surface area contributed by atoms with Crippen LogP contribution in [0.3, 0.4) is 0 Å². The lowest BCUT2D eigenvalue weighted by Crippen LogP contribution is -2.54. The molecule has 5 heteroatoms. The number of allylic oxidation sites excluding steroid dienone is 2. The monoisotopic (exact) mass is 424 g/mol. The summed E-state index contributed by atoms with van der Waals surface area (Å²) >= 11 is 0. The highest BCUT2D eigenvalue weighted by molar-refractivity contribution is 5.93. The van der Waals surface area contributed by atoms with Gasteiger partial charge in [0.25, 0.3) is 0 Å². The van der Waals surface area contributed by atoms with E-state index in [2.05, 4.69) is 25.2 Å². The molecule has 3 fully saturated rings. The zero-order valence-corrected chi connectivity index (χ0v) is 18.8. The van der Waals surface area contributed by atoms with E-state index in [-0.39, 0.29) is 34.4 Å². The van der Waals surface area contributed by atoms with E-state index >= 15 is 0 Å². The minimum atomic E-state index is -0.331. The third-order valence-corrected chi connectivity index (χ3v) is 9.43. The molecule has 31 heavy (non-hydrogen) atoms. The van der Waals surface area contributed by atoms with Crippen molar-refractivity contribution in [2.45, 2.75) is 58.8 Å². The number of nitrogens with one attached hydrogen (secondary N) is 1. The number of nitrogens with zero attached hydrogens (tertiary/aromatic N) is 1. The number of fused-ring (bicyclic) bond motifs is 5. The number of halogens is 1. The first-order valence-electron chi connectivity index (χ1n) is 11.8. The first kappa shape index (κ1) is 20.7. The Bertz CT molecular complexity index is 958. The Morgan fingerprint density at radius 1 is 1.16 bits per heavy atom. The molecule has 0 bridgehead atoms. The van der Waals surface area contributed by atoms with Crippen LogP contribution in [0.5, 0.6) is 0 Å². The minimum Gasteiger partial charge on any atom is -0.326 e. The molecule has 0 spiro atoms. The Balaban J connectivity index is 1.39. The number of carbonyl (C=O) groups excluding carboxylic acids is 2. The maximum Gasteiger partial charge on any atom is 0.228 e. The van der Waals surface area contributed by atoms with E-state index in [0.29, 0.717) is 29.9 Å². The van der Waals surface area contributed by atoms with Crippen LogP contribution < -0.4 is 5.32 Å². The molecule has 1 unspecified atom stereocenters. The van der Waals surface area contributed by atoms with E-state index < -0.39 is 0 Å². The van der Waals surface area contributed by atoms with E-state index in [9.17, 15) is 14.0 Å². The van der Waals surface area contributed by atoms with E-state index in [1.165, 1.54) is 17.8 Å². The quantitative estimate of drug-likeness (QED) is 0.694. The van der Waals surface area contributed by atoms with Crippen LogP contribution in [0, 0.1) is 40.3 Å². The van der Waals surface area contributed by atoms with Crippen LogP contribution in [0.4, 0.5) is 10.1 Å². The summed E-state index contributed by atoms with van der Waals surface area (Å²) in [6, 6.07) is 6.17. The zero-order valence-electron chi connectivity index (χ0n) is 18.8. The van der Waals surface area contributed by atoms with Crippen LogP contribution in [0.25, 0.3) is 0 Å². The third-order valence-electron chi connectivity index (χ3n) is 9.43. The molecule has 1 aromatic rings. The van der Waals surface area contributed by atoms with Gasteiger partial charge in [0.15, 0.2) is 0 Å². The molecular weight excluding hydrogens is 391 g/mol. The lowest BCUT2D eigenvalue weighted by Gasteiger charge is -2.58. The Hall–Kier alpha value is -2.17. The highest BCUT2D eigenvalue weighted by Gasteiger charge is 2.60. The molecule has 2 amide bonds. The van der Waals surface area contributed by atoms with Crippen molar-refractivity contribution in [2.75, 3.05) is 12.4 Å². The Morgan fingerprint density at radius 2 is 1.97 bits per heavy atom. The normalized spacial score (nSPS) is 39.3. The van der Waals surface area contributed by atoms with Crippen molar-refractivity contribution < 1.29 is 14.0 Å². The molecule has 1 saturated heterocycles. The fourth-order valence-corrected chi connectivity index (χ4v) is 7.81. The number of anilines is 1. The van der Waals surface area contributed by atoms with Gasteiger partial charge in [0.2, 0.25) is 11.8 Å². The number of piperidine rings is 1. The first-order valence-corrected chi connectivity index (χ1v) is 11.8. The summed E-state index contributed by atoms with van der Waals surface area (Å²) in [5.74, 6) is 1.57. The topological polar surface area (TPSA) is 49.4 Å². The van der Waals surface area contributed by atoms with Crippen molar-refractivity contribution in [1.29, 1.82) is 0 Å². The van der Waals surface area contributed by atoms with Gasteiger partial charge in [0, 0.05) is 36.2 Å². The lowest BCUT2D eigenvalue weighted by molar-refractivity contribution is -0.137. The van der Waals surface area contributed by atoms with E-state index in [1.54, 1.807) is 12.1 Å². The minimum absolute atomic E-state index is 0.0172. The van der Waals surface area contributed by atoms with E-state index in [0.717, 1.165) is 38.5 Å². The van der Waals surface area contributed by atoms with Crippen molar-refractivity contribution in [2.24, 2.45) is 34.5 Å². The van der Waals surface area contributed by atoms with Gasteiger partial charge in [-0.25, -0.2) is 4.39 Å². The summed E-state index contributed by atoms with van der Waals surface area (Å²) in [6.45, 7) is 4.68. The van der Waals surface area contributed by atoms with Crippen LogP contribution in [0.2, 0.25) is 0 Å². The van der Waals surface area contributed by atoms with Gasteiger partial charge in [-0.15, -0.1) is 0 Å². The maximum absolute atomic E-state index is 13.6. The number of hydrogen-bond donors (Lipinski definition) is 1. The highest BCUT2D eigenvalue weighted by Crippen LogP contribution is 2.66. The average Bonchev–Trinajstić information content (AvgIpc) is 3.08. The summed E-state index contributed by atoms with van der Waals surface area (Å²) in [6.07, 6.45) is 9.03. The molecule has 3 aliphatic carbocycles. The highest BCUT2D eigenvalue weighted by atomic mass is 19.1. The van der Waals surface area contributed by atoms with Gasteiger partial charge in [0.1, 0.15) is 5.82 Å². The molecule has 0 radical (unpaired) electrons. The molecule has 0 aromatic heterocycles. The molecule has 1 aliphatic heterocycles. The molecule has 5 rings (SSSR count). The zero-order chi connectivity index (χ0) is 22.0. The fraction of sp³-hybridized carbons (Fsp3) is 0.615. The molecule has 6 atom stereocenters. The number of benzene rings is 1. The van der Waals surface area contributed by atoms with Gasteiger partial charge >= 0.3 is 0 Å². The van der Waals surface area contributed by atoms with Crippen molar-refractivity contribution in [3.8, 4) is 0 Å². The summed E-state index contributed by atoms with van der Waals surface area (Å²) in [5.41, 5.74) is 1.82. The van der Waals surface area contributed by atoms with Gasteiger partial charge in [0.05, 0.1) is 0 Å². The van der Waals surface area contributed by atoms with Gasteiger partial charge in [-0.3, -0.25) is 9.59 Å². The van der Waals surface area contributed by atoms with E-state index in [1.807, 2.05) is 11.9 Å². The second kappa shape index (κ2) is 7.18. The summed E-state index contributed by atoms with van der Waals surface area (Å²) < 4.78 is 13.6. The smallest absolute Gasteiger partial charge is 0.228 e. The number of rotatable bonds is 2. The van der Waals surface area contributed by atoms with Crippen molar-refractivity contribution in [3.05, 3.63) is 41.9 Å². The molecule has 1 heterocycles. The number of carbonyl (C=O) groups is 2. The fourth-order valence-electron chi connectivity index (χ4n) is 7.81. The van der Waals surface area contributed by atoms with Gasteiger partial charge in [-0.1, -0.05) is 26.0 Å². The van der Waals surface area contributed by atoms with Crippen molar-refractivity contribution in [1.82, 2.24) is 4.90 Å². The largest absolute Gasteiger partial charge is 0.326 e. The Kier molecular flexibility index (Phi) is 4.80. The van der Waals surface area contributed by atoms with Crippen molar-refractivity contribution in [3.63, 3.8) is 0 Å². The summed E-state index contributed by atoms with van der Waals surface area (Å²) in [7, 11) is 1.93. The van der Waals surface area contributed by atoms with Gasteiger partial charge in [-0.05, 0) is 79.9 Å². The second-order valence-corrected chi connectivity index (χ2v) is 10.7. The number of amides is 2. The summed E-state index contributed by atoms with van der Waals surface area (Å²) in [5, 5.41) is 2.98. The van der Waals surface area contributed by atoms with Crippen molar-refractivity contribution >= 4 is 17.5 Å². The molecule has 2 saturated carbocycles.